The number of amides is 2. The Morgan fingerprint density at radius 3 is 2.54 bits per heavy atom. The van der Waals surface area contributed by atoms with Crippen LogP contribution in [-0.4, -0.2) is 53.9 Å². The van der Waals surface area contributed by atoms with E-state index in [-0.39, 0.29) is 11.9 Å². The van der Waals surface area contributed by atoms with E-state index in [1.165, 1.54) is 6.07 Å². The predicted octanol–water partition coefficient (Wildman–Crippen LogP) is 2.31. The van der Waals surface area contributed by atoms with Crippen LogP contribution in [0.3, 0.4) is 0 Å². The molecule has 1 aliphatic heterocycles. The molecule has 3 rings (SSSR count). The van der Waals surface area contributed by atoms with Gasteiger partial charge in [0.2, 0.25) is 0 Å². The normalized spacial score (nSPS) is 14.8. The number of anilines is 1. The number of nitrogens with one attached hydrogen (secondary N) is 1. The van der Waals surface area contributed by atoms with E-state index in [2.05, 4.69) is 26.2 Å². The van der Waals surface area contributed by atoms with Crippen molar-refractivity contribution < 1.29 is 14.0 Å². The zero-order valence-electron chi connectivity index (χ0n) is 14.6. The van der Waals surface area contributed by atoms with Crippen molar-refractivity contribution >= 4 is 44.5 Å². The molecule has 1 N–H and O–H groups in total. The maximum absolute atomic E-state index is 13.7. The minimum atomic E-state index is -0.571. The maximum Gasteiger partial charge on any atom is 0.312 e. The molecule has 1 fully saturated rings. The van der Waals surface area contributed by atoms with E-state index < -0.39 is 11.8 Å². The largest absolute Gasteiger partial charge is 0.353 e. The third-order valence-electron chi connectivity index (χ3n) is 4.22. The molecule has 2 aromatic rings. The van der Waals surface area contributed by atoms with Gasteiger partial charge in [0.05, 0.1) is 9.99 Å². The summed E-state index contributed by atoms with van der Waals surface area (Å²) in [4.78, 5) is 32.1. The minimum absolute atomic E-state index is 0.0741. The monoisotopic (exact) mass is 422 g/mol. The molecule has 26 heavy (non-hydrogen) atoms. The number of pyridine rings is 1. The highest BCUT2D eigenvalue weighted by Crippen LogP contribution is 2.25. The highest BCUT2D eigenvalue weighted by Gasteiger charge is 2.26. The van der Waals surface area contributed by atoms with Crippen molar-refractivity contribution in [2.45, 2.75) is 19.9 Å². The number of carbonyl (C=O) groups excluding carboxylic acids is 2. The zero-order chi connectivity index (χ0) is 18.8. The third kappa shape index (κ3) is 3.95. The Bertz CT molecular complexity index is 850. The van der Waals surface area contributed by atoms with Crippen LogP contribution < -0.4 is 10.2 Å². The van der Waals surface area contributed by atoms with Gasteiger partial charge in [0.1, 0.15) is 11.6 Å². The lowest BCUT2D eigenvalue weighted by molar-refractivity contribution is -0.146. The number of hydrogen-bond donors (Lipinski definition) is 1. The van der Waals surface area contributed by atoms with Crippen LogP contribution in [0.1, 0.15) is 13.8 Å². The molecule has 0 unspecified atom stereocenters. The van der Waals surface area contributed by atoms with E-state index in [9.17, 15) is 14.0 Å². The highest BCUT2D eigenvalue weighted by atomic mass is 79.9. The number of halogens is 2. The zero-order valence-corrected chi connectivity index (χ0v) is 16.2. The second-order valence-corrected chi connectivity index (χ2v) is 7.39. The van der Waals surface area contributed by atoms with Crippen molar-refractivity contribution in [2.75, 3.05) is 31.1 Å². The summed E-state index contributed by atoms with van der Waals surface area (Å²) in [5.41, 5.74) is 0.581. The number of hydrogen-bond acceptors (Lipinski definition) is 4. The molecule has 2 heterocycles. The van der Waals surface area contributed by atoms with E-state index in [0.717, 1.165) is 11.2 Å². The fourth-order valence-electron chi connectivity index (χ4n) is 2.89. The molecule has 0 aliphatic carbocycles. The average molecular weight is 423 g/mol. The SMILES string of the molecule is CC(C)NC(=O)C(=O)N1CCN(c2ccc3cc(Br)c(F)cc3n2)CC1. The second kappa shape index (κ2) is 7.57. The Balaban J connectivity index is 1.68. The van der Waals surface area contributed by atoms with E-state index in [1.807, 2.05) is 30.9 Å². The lowest BCUT2D eigenvalue weighted by Gasteiger charge is -2.35. The van der Waals surface area contributed by atoms with Crippen molar-refractivity contribution in [3.8, 4) is 0 Å². The summed E-state index contributed by atoms with van der Waals surface area (Å²) in [7, 11) is 0. The Morgan fingerprint density at radius 2 is 1.88 bits per heavy atom. The first-order valence-electron chi connectivity index (χ1n) is 8.45. The molecule has 6 nitrogen and oxygen atoms in total. The van der Waals surface area contributed by atoms with Crippen molar-refractivity contribution in [1.82, 2.24) is 15.2 Å². The van der Waals surface area contributed by atoms with Crippen LogP contribution in [0.5, 0.6) is 0 Å². The Hall–Kier alpha value is -2.22. The molecule has 0 saturated carbocycles. The molecule has 1 saturated heterocycles. The van der Waals surface area contributed by atoms with Gasteiger partial charge < -0.3 is 15.1 Å². The van der Waals surface area contributed by atoms with Crippen LogP contribution >= 0.6 is 15.9 Å². The summed E-state index contributed by atoms with van der Waals surface area (Å²) in [5, 5.41) is 3.47. The molecule has 0 spiro atoms. The van der Waals surface area contributed by atoms with Crippen molar-refractivity contribution in [1.29, 1.82) is 0 Å². The first kappa shape index (κ1) is 18.6. The number of rotatable bonds is 2. The minimum Gasteiger partial charge on any atom is -0.353 e. The topological polar surface area (TPSA) is 65.5 Å². The first-order chi connectivity index (χ1) is 12.3. The van der Waals surface area contributed by atoms with Gasteiger partial charge in [-0.05, 0) is 48.0 Å². The third-order valence-corrected chi connectivity index (χ3v) is 4.83. The lowest BCUT2D eigenvalue weighted by atomic mass is 10.2. The van der Waals surface area contributed by atoms with Gasteiger partial charge in [-0.15, -0.1) is 0 Å². The smallest absolute Gasteiger partial charge is 0.312 e. The van der Waals surface area contributed by atoms with Crippen molar-refractivity contribution in [2.24, 2.45) is 0 Å². The van der Waals surface area contributed by atoms with Crippen LogP contribution in [0.4, 0.5) is 10.2 Å². The summed E-state index contributed by atoms with van der Waals surface area (Å²) in [6.07, 6.45) is 0. The van der Waals surface area contributed by atoms with Gasteiger partial charge in [-0.3, -0.25) is 9.59 Å². The van der Waals surface area contributed by atoms with E-state index in [4.69, 9.17) is 0 Å². The molecule has 1 aromatic carbocycles. The Kier molecular flexibility index (Phi) is 5.41. The van der Waals surface area contributed by atoms with Gasteiger partial charge in [0.25, 0.3) is 0 Å². The number of carbonyl (C=O) groups is 2. The van der Waals surface area contributed by atoms with Crippen LogP contribution in [0.15, 0.2) is 28.7 Å². The summed E-state index contributed by atoms with van der Waals surface area (Å²) in [6.45, 7) is 5.65. The standard InChI is InChI=1S/C18H20BrFN4O2/c1-11(2)21-17(25)18(26)24-7-5-23(6-8-24)16-4-3-12-9-13(19)14(20)10-15(12)22-16/h3-4,9-11H,5-8H2,1-2H3,(H,21,25). The molecule has 0 radical (unpaired) electrons. The molecule has 138 valence electrons. The van der Waals surface area contributed by atoms with Gasteiger partial charge >= 0.3 is 11.8 Å². The number of fused-ring (bicyclic) bond motifs is 1. The fraction of sp³-hybridized carbons (Fsp3) is 0.389. The van der Waals surface area contributed by atoms with Gasteiger partial charge in [0, 0.05) is 43.7 Å². The highest BCUT2D eigenvalue weighted by molar-refractivity contribution is 9.10. The van der Waals surface area contributed by atoms with Crippen LogP contribution in [-0.2, 0) is 9.59 Å². The van der Waals surface area contributed by atoms with Gasteiger partial charge in [-0.2, -0.15) is 0 Å². The van der Waals surface area contributed by atoms with E-state index in [1.54, 1.807) is 11.0 Å². The summed E-state index contributed by atoms with van der Waals surface area (Å²) >= 11 is 3.17. The maximum atomic E-state index is 13.7. The predicted molar refractivity (Wildman–Crippen MR) is 101 cm³/mol. The molecular formula is C18H20BrFN4O2. The molecule has 2 amide bonds. The summed E-state index contributed by atoms with van der Waals surface area (Å²) in [5.74, 6) is -0.693. The average Bonchev–Trinajstić information content (AvgIpc) is 2.61. The second-order valence-electron chi connectivity index (χ2n) is 6.54. The Labute approximate surface area is 159 Å². The summed E-state index contributed by atoms with van der Waals surface area (Å²) < 4.78 is 14.2. The van der Waals surface area contributed by atoms with Gasteiger partial charge in [-0.25, -0.2) is 9.37 Å². The van der Waals surface area contributed by atoms with Crippen LogP contribution in [0, 0.1) is 5.82 Å². The molecule has 8 heteroatoms. The van der Waals surface area contributed by atoms with Gasteiger partial charge in [0.15, 0.2) is 0 Å². The number of benzene rings is 1. The fourth-order valence-corrected chi connectivity index (χ4v) is 3.25. The van der Waals surface area contributed by atoms with Gasteiger partial charge in [-0.1, -0.05) is 0 Å². The van der Waals surface area contributed by atoms with Crippen LogP contribution in [0.2, 0.25) is 0 Å². The van der Waals surface area contributed by atoms with Crippen molar-refractivity contribution in [3.05, 3.63) is 34.6 Å². The van der Waals surface area contributed by atoms with E-state index in [0.29, 0.717) is 36.2 Å². The van der Waals surface area contributed by atoms with Crippen LogP contribution in [0.25, 0.3) is 10.9 Å². The number of aromatic nitrogens is 1. The number of nitrogens with zero attached hydrogens (tertiary/aromatic N) is 3. The molecule has 0 bridgehead atoms. The lowest BCUT2D eigenvalue weighted by Crippen LogP contribution is -2.53. The molecular weight excluding hydrogens is 403 g/mol. The first-order valence-corrected chi connectivity index (χ1v) is 9.25. The van der Waals surface area contributed by atoms with E-state index >= 15 is 0 Å². The quantitative estimate of drug-likeness (QED) is 0.754. The molecule has 1 aliphatic rings. The number of piperazine rings is 1. The van der Waals surface area contributed by atoms with Crippen molar-refractivity contribution in [3.63, 3.8) is 0 Å². The molecule has 0 atom stereocenters. The summed E-state index contributed by atoms with van der Waals surface area (Å²) in [6, 6.07) is 6.81. The molecule has 1 aromatic heterocycles. The Morgan fingerprint density at radius 1 is 1.19 bits per heavy atom.